The Labute approximate surface area is 119 Å². The van der Waals surface area contributed by atoms with Crippen molar-refractivity contribution in [1.29, 1.82) is 0 Å². The van der Waals surface area contributed by atoms with Crippen LogP contribution in [0.15, 0.2) is 18.2 Å². The van der Waals surface area contributed by atoms with E-state index in [-0.39, 0.29) is 6.04 Å². The summed E-state index contributed by atoms with van der Waals surface area (Å²) in [5.74, 6) is 0. The lowest BCUT2D eigenvalue weighted by molar-refractivity contribution is 0.0572. The fourth-order valence-electron chi connectivity index (χ4n) is 2.44. The fourth-order valence-corrected chi connectivity index (χ4v) is 2.75. The molecule has 5 heteroatoms. The standard InChI is InChI=1S/C14H21ClN2O2/c1-3-16-9(2)10-4-5-12(11(15)6-10)17-7-13(18)14(19)8-17/h4-6,9,13-14,16,18-19H,3,7-8H2,1-2H3. The Hall–Kier alpha value is -0.810. The quantitative estimate of drug-likeness (QED) is 0.785. The van der Waals surface area contributed by atoms with Crippen LogP contribution in [0.25, 0.3) is 0 Å². The molecule has 19 heavy (non-hydrogen) atoms. The Morgan fingerprint density at radius 2 is 2.00 bits per heavy atom. The van der Waals surface area contributed by atoms with Crippen LogP contribution in [0.1, 0.15) is 25.5 Å². The van der Waals surface area contributed by atoms with Crippen molar-refractivity contribution in [3.8, 4) is 0 Å². The number of nitrogens with zero attached hydrogens (tertiary/aromatic N) is 1. The van der Waals surface area contributed by atoms with E-state index < -0.39 is 12.2 Å². The van der Waals surface area contributed by atoms with Gasteiger partial charge in [-0.15, -0.1) is 0 Å². The van der Waals surface area contributed by atoms with Crippen LogP contribution in [0.2, 0.25) is 5.02 Å². The number of hydrogen-bond donors (Lipinski definition) is 3. The Morgan fingerprint density at radius 1 is 1.37 bits per heavy atom. The Morgan fingerprint density at radius 3 is 2.53 bits per heavy atom. The third-order valence-corrected chi connectivity index (χ3v) is 3.88. The molecule has 1 aliphatic rings. The van der Waals surface area contributed by atoms with E-state index in [0.29, 0.717) is 18.1 Å². The predicted molar refractivity (Wildman–Crippen MR) is 77.8 cm³/mol. The topological polar surface area (TPSA) is 55.7 Å². The molecule has 0 radical (unpaired) electrons. The first-order valence-electron chi connectivity index (χ1n) is 6.66. The fraction of sp³-hybridized carbons (Fsp3) is 0.571. The Bertz CT molecular complexity index is 431. The number of aliphatic hydroxyl groups excluding tert-OH is 2. The highest BCUT2D eigenvalue weighted by molar-refractivity contribution is 6.33. The van der Waals surface area contributed by atoms with Gasteiger partial charge in [0.25, 0.3) is 0 Å². The molecule has 0 amide bonds. The number of benzene rings is 1. The smallest absolute Gasteiger partial charge is 0.0990 e. The molecule has 106 valence electrons. The second-order valence-electron chi connectivity index (χ2n) is 5.03. The molecule has 4 nitrogen and oxygen atoms in total. The molecule has 1 heterocycles. The molecule has 2 rings (SSSR count). The maximum Gasteiger partial charge on any atom is 0.0990 e. The summed E-state index contributed by atoms with van der Waals surface area (Å²) >= 11 is 6.32. The van der Waals surface area contributed by atoms with Crippen molar-refractivity contribution in [2.75, 3.05) is 24.5 Å². The van der Waals surface area contributed by atoms with Crippen molar-refractivity contribution in [3.63, 3.8) is 0 Å². The van der Waals surface area contributed by atoms with Gasteiger partial charge in [-0.1, -0.05) is 24.6 Å². The second kappa shape index (κ2) is 6.09. The van der Waals surface area contributed by atoms with Crippen LogP contribution < -0.4 is 10.2 Å². The lowest BCUT2D eigenvalue weighted by Gasteiger charge is -2.21. The van der Waals surface area contributed by atoms with Crippen LogP contribution in [0.4, 0.5) is 5.69 Å². The van der Waals surface area contributed by atoms with Gasteiger partial charge in [-0.2, -0.15) is 0 Å². The average Bonchev–Trinajstić information content (AvgIpc) is 2.69. The van der Waals surface area contributed by atoms with Crippen molar-refractivity contribution in [1.82, 2.24) is 5.32 Å². The largest absolute Gasteiger partial charge is 0.389 e. The summed E-state index contributed by atoms with van der Waals surface area (Å²) in [6.45, 7) is 5.91. The number of β-amino-alcohol motifs (C(OH)–C–C–N with tert-alkyl or cyclic N) is 2. The summed E-state index contributed by atoms with van der Waals surface area (Å²) in [6, 6.07) is 6.19. The number of hydrogen-bond acceptors (Lipinski definition) is 4. The van der Waals surface area contributed by atoms with Crippen LogP contribution in [0.5, 0.6) is 0 Å². The van der Waals surface area contributed by atoms with Gasteiger partial charge in [0.2, 0.25) is 0 Å². The minimum Gasteiger partial charge on any atom is -0.389 e. The van der Waals surface area contributed by atoms with Crippen molar-refractivity contribution < 1.29 is 10.2 Å². The van der Waals surface area contributed by atoms with Gasteiger partial charge < -0.3 is 20.4 Å². The Kier molecular flexibility index (Phi) is 4.68. The number of rotatable bonds is 4. The number of halogens is 1. The van der Waals surface area contributed by atoms with Gasteiger partial charge in [0, 0.05) is 19.1 Å². The van der Waals surface area contributed by atoms with Crippen LogP contribution in [-0.4, -0.2) is 42.1 Å². The molecule has 1 saturated heterocycles. The highest BCUT2D eigenvalue weighted by atomic mass is 35.5. The number of anilines is 1. The van der Waals surface area contributed by atoms with Crippen LogP contribution >= 0.6 is 11.6 Å². The molecule has 0 aromatic heterocycles. The third-order valence-electron chi connectivity index (χ3n) is 3.58. The molecular formula is C14H21ClN2O2. The summed E-state index contributed by atoms with van der Waals surface area (Å²) in [5.41, 5.74) is 2.00. The summed E-state index contributed by atoms with van der Waals surface area (Å²) in [7, 11) is 0. The van der Waals surface area contributed by atoms with Crippen LogP contribution in [0, 0.1) is 0 Å². The maximum atomic E-state index is 9.59. The zero-order chi connectivity index (χ0) is 14.0. The van der Waals surface area contributed by atoms with Crippen LogP contribution in [0.3, 0.4) is 0 Å². The molecule has 0 saturated carbocycles. The number of aliphatic hydroxyl groups is 2. The number of nitrogens with one attached hydrogen (secondary N) is 1. The molecule has 0 bridgehead atoms. The van der Waals surface area contributed by atoms with Gasteiger partial charge >= 0.3 is 0 Å². The maximum absolute atomic E-state index is 9.59. The lowest BCUT2D eigenvalue weighted by atomic mass is 10.1. The molecule has 3 atom stereocenters. The van der Waals surface area contributed by atoms with Gasteiger partial charge in [-0.25, -0.2) is 0 Å². The van der Waals surface area contributed by atoms with E-state index >= 15 is 0 Å². The molecule has 3 N–H and O–H groups in total. The average molecular weight is 285 g/mol. The molecule has 0 aliphatic carbocycles. The van der Waals surface area contributed by atoms with E-state index in [1.54, 1.807) is 0 Å². The van der Waals surface area contributed by atoms with E-state index in [9.17, 15) is 10.2 Å². The molecule has 0 spiro atoms. The van der Waals surface area contributed by atoms with Gasteiger partial charge in [0.1, 0.15) is 0 Å². The van der Waals surface area contributed by atoms with E-state index in [2.05, 4.69) is 19.2 Å². The first kappa shape index (κ1) is 14.6. The predicted octanol–water partition coefficient (Wildman–Crippen LogP) is 1.55. The van der Waals surface area contributed by atoms with E-state index in [0.717, 1.165) is 17.8 Å². The highest BCUT2D eigenvalue weighted by Gasteiger charge is 2.30. The monoisotopic (exact) mass is 284 g/mol. The van der Waals surface area contributed by atoms with Crippen molar-refractivity contribution in [2.24, 2.45) is 0 Å². The van der Waals surface area contributed by atoms with Crippen molar-refractivity contribution in [3.05, 3.63) is 28.8 Å². The van der Waals surface area contributed by atoms with E-state index in [4.69, 9.17) is 11.6 Å². The molecule has 1 aromatic rings. The summed E-state index contributed by atoms with van der Waals surface area (Å²) in [6.07, 6.45) is -1.40. The second-order valence-corrected chi connectivity index (χ2v) is 5.44. The molecular weight excluding hydrogens is 264 g/mol. The van der Waals surface area contributed by atoms with Crippen molar-refractivity contribution >= 4 is 17.3 Å². The van der Waals surface area contributed by atoms with Crippen molar-refractivity contribution in [2.45, 2.75) is 32.1 Å². The molecule has 1 aliphatic heterocycles. The van der Waals surface area contributed by atoms with Gasteiger partial charge in [0.05, 0.1) is 22.9 Å². The zero-order valence-electron chi connectivity index (χ0n) is 11.3. The summed E-state index contributed by atoms with van der Waals surface area (Å²) in [5, 5.41) is 23.2. The Balaban J connectivity index is 2.16. The van der Waals surface area contributed by atoms with Gasteiger partial charge in [0.15, 0.2) is 0 Å². The zero-order valence-corrected chi connectivity index (χ0v) is 12.1. The highest BCUT2D eigenvalue weighted by Crippen LogP contribution is 2.31. The molecule has 1 fully saturated rings. The SMILES string of the molecule is CCNC(C)c1ccc(N2CC(O)C(O)C2)c(Cl)c1. The minimum absolute atomic E-state index is 0.256. The third kappa shape index (κ3) is 3.20. The van der Waals surface area contributed by atoms with Crippen LogP contribution in [-0.2, 0) is 0 Å². The normalized spacial score (nSPS) is 24.8. The molecule has 3 unspecified atom stereocenters. The van der Waals surface area contributed by atoms with Gasteiger partial charge in [-0.3, -0.25) is 0 Å². The first-order chi connectivity index (χ1) is 9.02. The minimum atomic E-state index is -0.698. The lowest BCUT2D eigenvalue weighted by Crippen LogP contribution is -2.22. The van der Waals surface area contributed by atoms with Gasteiger partial charge in [-0.05, 0) is 31.2 Å². The molecule has 1 aromatic carbocycles. The van der Waals surface area contributed by atoms with E-state index in [1.165, 1.54) is 0 Å². The summed E-state index contributed by atoms with van der Waals surface area (Å²) in [4.78, 5) is 1.92. The first-order valence-corrected chi connectivity index (χ1v) is 7.04. The van der Waals surface area contributed by atoms with E-state index in [1.807, 2.05) is 23.1 Å². The summed E-state index contributed by atoms with van der Waals surface area (Å²) < 4.78 is 0.